The zero-order valence-corrected chi connectivity index (χ0v) is 16.8. The Bertz CT molecular complexity index is 856. The van der Waals surface area contributed by atoms with Gasteiger partial charge in [-0.3, -0.25) is 19.6 Å². The predicted molar refractivity (Wildman–Crippen MR) is 103 cm³/mol. The van der Waals surface area contributed by atoms with Gasteiger partial charge in [-0.1, -0.05) is 35.1 Å². The van der Waals surface area contributed by atoms with Crippen LogP contribution in [0.25, 0.3) is 0 Å². The first kappa shape index (κ1) is 21.1. The van der Waals surface area contributed by atoms with Gasteiger partial charge >= 0.3 is 4.87 Å². The van der Waals surface area contributed by atoms with E-state index in [-0.39, 0.29) is 16.8 Å². The van der Waals surface area contributed by atoms with E-state index in [2.05, 4.69) is 26.6 Å². The lowest BCUT2D eigenvalue weighted by Crippen LogP contribution is -2.60. The molecule has 1 aromatic heterocycles. The van der Waals surface area contributed by atoms with E-state index in [0.717, 1.165) is 29.2 Å². The molecular weight excluding hydrogens is 402 g/mol. The van der Waals surface area contributed by atoms with Crippen LogP contribution >= 0.6 is 11.3 Å². The zero-order valence-electron chi connectivity index (χ0n) is 16.0. The second-order valence-electron chi connectivity index (χ2n) is 7.09. The van der Waals surface area contributed by atoms with Crippen LogP contribution < -0.4 is 32.6 Å². The summed E-state index contributed by atoms with van der Waals surface area (Å²) in [6, 6.07) is -0.489. The Kier molecular flexibility index (Phi) is 5.83. The number of nitrogens with zero attached hydrogens (tertiary/aromatic N) is 4. The van der Waals surface area contributed by atoms with Crippen LogP contribution in [0.4, 0.5) is 5.82 Å². The van der Waals surface area contributed by atoms with Gasteiger partial charge in [0.1, 0.15) is 10.7 Å². The average Bonchev–Trinajstić information content (AvgIpc) is 3.17. The summed E-state index contributed by atoms with van der Waals surface area (Å²) in [5, 5.41) is 10.00. The Labute approximate surface area is 169 Å². The van der Waals surface area contributed by atoms with Crippen molar-refractivity contribution in [2.75, 3.05) is 5.32 Å². The minimum Gasteiger partial charge on any atom is -0.352 e. The summed E-state index contributed by atoms with van der Waals surface area (Å²) >= 11 is 0.728. The number of hydrogen-bond donors (Lipinski definition) is 7. The van der Waals surface area contributed by atoms with Gasteiger partial charge in [-0.25, -0.2) is 16.3 Å². The quantitative estimate of drug-likeness (QED) is 0.131. The van der Waals surface area contributed by atoms with Gasteiger partial charge in [0, 0.05) is 0 Å². The minimum atomic E-state index is -1.07. The van der Waals surface area contributed by atoms with Gasteiger partial charge in [0.2, 0.25) is 6.29 Å². The first-order valence-corrected chi connectivity index (χ1v) is 9.88. The predicted octanol–water partition coefficient (Wildman–Crippen LogP) is 0.180. The lowest BCUT2D eigenvalue weighted by Gasteiger charge is -2.37. The second-order valence-corrected chi connectivity index (χ2v) is 8.06. The molecule has 1 aromatic rings. The van der Waals surface area contributed by atoms with Crippen molar-refractivity contribution in [3.05, 3.63) is 14.5 Å². The fourth-order valence-electron chi connectivity index (χ4n) is 3.72. The highest BCUT2D eigenvalue weighted by Crippen LogP contribution is 2.42. The number of anilines is 1. The number of rotatable bonds is 8. The summed E-state index contributed by atoms with van der Waals surface area (Å²) in [6.45, 7) is 3.78. The lowest BCUT2D eigenvalue weighted by molar-refractivity contribution is -0.0274. The van der Waals surface area contributed by atoms with E-state index in [9.17, 15) is 9.59 Å². The number of thiazole rings is 1. The van der Waals surface area contributed by atoms with E-state index < -0.39 is 34.9 Å². The van der Waals surface area contributed by atoms with E-state index in [0.29, 0.717) is 6.42 Å². The summed E-state index contributed by atoms with van der Waals surface area (Å²) in [6.07, 6.45) is -0.0839. The number of carbonyl (C=O) groups excluding carboxylic acids is 1. The molecule has 0 spiro atoms. The largest absolute Gasteiger partial charge is 0.352 e. The van der Waals surface area contributed by atoms with Crippen molar-refractivity contribution in [1.29, 1.82) is 11.1 Å². The highest BCUT2D eigenvalue weighted by atomic mass is 32.1. The van der Waals surface area contributed by atoms with Gasteiger partial charge < -0.3 is 15.8 Å². The first-order valence-electron chi connectivity index (χ1n) is 9.06. The van der Waals surface area contributed by atoms with E-state index in [1.165, 1.54) is 4.57 Å². The van der Waals surface area contributed by atoms with Crippen LogP contribution in [0, 0.1) is 11.1 Å². The van der Waals surface area contributed by atoms with E-state index in [1.807, 2.05) is 6.92 Å². The summed E-state index contributed by atoms with van der Waals surface area (Å²) in [5.41, 5.74) is 24.7. The third kappa shape index (κ3) is 3.45. The van der Waals surface area contributed by atoms with E-state index >= 15 is 0 Å². The van der Waals surface area contributed by atoms with Crippen molar-refractivity contribution in [1.82, 2.24) is 20.4 Å². The van der Waals surface area contributed by atoms with Crippen LogP contribution in [0.2, 0.25) is 0 Å². The molecule has 0 saturated carbocycles. The first-order chi connectivity index (χ1) is 13.8. The number of amides is 1. The second kappa shape index (κ2) is 8.02. The Morgan fingerprint density at radius 1 is 1.45 bits per heavy atom. The van der Waals surface area contributed by atoms with Crippen molar-refractivity contribution < 1.29 is 9.53 Å². The molecule has 2 unspecified atom stereocenters. The third-order valence-corrected chi connectivity index (χ3v) is 6.22. The van der Waals surface area contributed by atoms with Crippen molar-refractivity contribution in [2.45, 2.75) is 63.3 Å². The Morgan fingerprint density at radius 3 is 2.79 bits per heavy atom. The van der Waals surface area contributed by atoms with Gasteiger partial charge in [0.05, 0.1) is 17.7 Å². The van der Waals surface area contributed by atoms with Crippen LogP contribution in [-0.4, -0.2) is 39.5 Å². The topological polar surface area (TPSA) is 212 Å². The van der Waals surface area contributed by atoms with Crippen molar-refractivity contribution in [3.63, 3.8) is 0 Å². The number of ether oxygens (including phenoxy) is 1. The highest BCUT2D eigenvalue weighted by molar-refractivity contribution is 7.12. The van der Waals surface area contributed by atoms with E-state index in [4.69, 9.17) is 27.4 Å². The molecule has 29 heavy (non-hydrogen) atoms. The van der Waals surface area contributed by atoms with Gasteiger partial charge in [-0.2, -0.15) is 11.1 Å². The molecule has 9 N–H and O–H groups in total. The zero-order chi connectivity index (χ0) is 21.3. The standard InChI is InChI=1S/C14H25N11O3S/c1-3-4-7-5-14(15,6(2)20-22-16)11(28-7)24-9-8(29-13(24)27)10(26)25(18)12(19-9)21-23-17/h6-7,11-12,19H,3-5,15,18H2,1-2H3,(H2,16,20)(H2,17,21)/t6-,7?,11+,12?,14+/m0/s1. The van der Waals surface area contributed by atoms with Crippen LogP contribution in [-0.2, 0) is 4.74 Å². The van der Waals surface area contributed by atoms with Gasteiger partial charge in [0.15, 0.2) is 6.23 Å². The van der Waals surface area contributed by atoms with Crippen LogP contribution in [0.15, 0.2) is 15.2 Å². The molecular formula is C14H25N11O3S. The summed E-state index contributed by atoms with van der Waals surface area (Å²) in [5.74, 6) is 5.35. The summed E-state index contributed by atoms with van der Waals surface area (Å²) in [4.78, 5) is 25.1. The number of hydrazine groups is 1. The van der Waals surface area contributed by atoms with E-state index in [1.54, 1.807) is 6.92 Å². The number of aromatic nitrogens is 1. The smallest absolute Gasteiger partial charge is 0.311 e. The number of nitrogens with two attached hydrogens (primary N) is 2. The maximum Gasteiger partial charge on any atom is 0.311 e. The van der Waals surface area contributed by atoms with Gasteiger partial charge in [0.25, 0.3) is 5.91 Å². The monoisotopic (exact) mass is 427 g/mol. The number of nitrogens with one attached hydrogen (secondary N) is 5. The van der Waals surface area contributed by atoms with Gasteiger partial charge in [-0.05, 0) is 19.8 Å². The Balaban J connectivity index is 2.08. The maximum atomic E-state index is 12.9. The molecule has 1 fully saturated rings. The molecule has 0 radical (unpaired) electrons. The van der Waals surface area contributed by atoms with Gasteiger partial charge in [-0.15, -0.1) is 0 Å². The summed E-state index contributed by atoms with van der Waals surface area (Å²) < 4.78 is 7.47. The number of fused-ring (bicyclic) bond motifs is 1. The third-order valence-electron chi connectivity index (χ3n) is 5.28. The minimum absolute atomic E-state index is 0.108. The molecule has 5 atom stereocenters. The fraction of sp³-hybridized carbons (Fsp3) is 0.714. The number of hydrogen-bond acceptors (Lipinski definition) is 11. The Hall–Kier alpha value is -2.62. The summed E-state index contributed by atoms with van der Waals surface area (Å²) in [7, 11) is 0. The SMILES string of the molecule is CCCC1C[C@@](N)([C@H](C)NN=N)[C@H](n2c3c(sc2=O)C(=O)N(N)C(NN=N)N3)O1. The van der Waals surface area contributed by atoms with Crippen LogP contribution in [0.3, 0.4) is 0 Å². The molecule has 0 bridgehead atoms. The molecule has 1 saturated heterocycles. The number of carbonyl (C=O) groups is 1. The molecule has 1 amide bonds. The molecule has 3 heterocycles. The molecule has 0 aromatic carbocycles. The van der Waals surface area contributed by atoms with Crippen LogP contribution in [0.1, 0.15) is 49.0 Å². The molecule has 15 heteroatoms. The molecule has 160 valence electrons. The van der Waals surface area contributed by atoms with Crippen molar-refractivity contribution in [3.8, 4) is 0 Å². The molecule has 2 aliphatic heterocycles. The normalized spacial score (nSPS) is 29.7. The fourth-order valence-corrected chi connectivity index (χ4v) is 4.63. The molecule has 14 nitrogen and oxygen atoms in total. The maximum absolute atomic E-state index is 12.9. The van der Waals surface area contributed by atoms with Crippen LogP contribution in [0.5, 0.6) is 0 Å². The highest BCUT2D eigenvalue weighted by Gasteiger charge is 2.52. The molecule has 3 rings (SSSR count). The average molecular weight is 427 g/mol. The Morgan fingerprint density at radius 2 is 2.17 bits per heavy atom. The van der Waals surface area contributed by atoms with Crippen molar-refractivity contribution >= 4 is 23.1 Å². The lowest BCUT2D eigenvalue weighted by atomic mass is 9.86. The molecule has 0 aliphatic carbocycles. The van der Waals surface area contributed by atoms with Crippen molar-refractivity contribution in [2.24, 2.45) is 22.0 Å². The molecule has 2 aliphatic rings.